The maximum absolute atomic E-state index is 12.8. The first kappa shape index (κ1) is 20.4. The van der Waals surface area contributed by atoms with Crippen LogP contribution in [-0.2, 0) is 11.3 Å². The Morgan fingerprint density at radius 1 is 1.25 bits per heavy atom. The van der Waals surface area contributed by atoms with Gasteiger partial charge in [0.25, 0.3) is 5.91 Å². The number of carbonyl (C=O) groups is 2. The summed E-state index contributed by atoms with van der Waals surface area (Å²) < 4.78 is 5.74. The molecule has 28 heavy (non-hydrogen) atoms. The summed E-state index contributed by atoms with van der Waals surface area (Å²) in [5.41, 5.74) is 0.995. The molecule has 1 aliphatic rings. The van der Waals surface area contributed by atoms with Gasteiger partial charge < -0.3 is 15.0 Å². The highest BCUT2D eigenvalue weighted by molar-refractivity contribution is 7.12. The highest BCUT2D eigenvalue weighted by Crippen LogP contribution is 2.22. The molecule has 0 aliphatic carbocycles. The van der Waals surface area contributed by atoms with Crippen molar-refractivity contribution in [1.82, 2.24) is 10.2 Å². The second-order valence-corrected chi connectivity index (χ2v) is 8.00. The van der Waals surface area contributed by atoms with Gasteiger partial charge >= 0.3 is 0 Å². The van der Waals surface area contributed by atoms with Crippen LogP contribution in [0, 0.1) is 0 Å². The van der Waals surface area contributed by atoms with E-state index in [0.29, 0.717) is 31.0 Å². The fraction of sp³-hybridized carbons (Fsp3) is 0.455. The summed E-state index contributed by atoms with van der Waals surface area (Å²) >= 11 is 1.42. The number of likely N-dealkylation sites (tertiary alicyclic amines) is 1. The molecule has 1 aromatic heterocycles. The maximum Gasteiger partial charge on any atom is 0.264 e. The van der Waals surface area contributed by atoms with Crippen LogP contribution in [0.15, 0.2) is 41.8 Å². The van der Waals surface area contributed by atoms with Crippen LogP contribution in [0.1, 0.15) is 54.3 Å². The molecule has 0 spiro atoms. The van der Waals surface area contributed by atoms with Gasteiger partial charge in [-0.15, -0.1) is 11.3 Å². The Labute approximate surface area is 170 Å². The largest absolute Gasteiger partial charge is 0.494 e. The average Bonchev–Trinajstić information content (AvgIpc) is 3.27. The predicted molar refractivity (Wildman–Crippen MR) is 112 cm³/mol. The Kier molecular flexibility index (Phi) is 7.48. The van der Waals surface area contributed by atoms with Gasteiger partial charge in [0.05, 0.1) is 11.5 Å². The summed E-state index contributed by atoms with van der Waals surface area (Å²) in [5.74, 6) is 0.704. The van der Waals surface area contributed by atoms with Crippen molar-refractivity contribution in [3.8, 4) is 5.75 Å². The van der Waals surface area contributed by atoms with Crippen molar-refractivity contribution in [3.63, 3.8) is 0 Å². The lowest BCUT2D eigenvalue weighted by molar-refractivity contribution is -0.126. The molecule has 2 amide bonds. The molecule has 3 rings (SSSR count). The molecule has 6 heteroatoms. The van der Waals surface area contributed by atoms with E-state index >= 15 is 0 Å². The number of carbonyl (C=O) groups excluding carboxylic acids is 2. The molecule has 1 unspecified atom stereocenters. The van der Waals surface area contributed by atoms with Crippen LogP contribution in [0.25, 0.3) is 0 Å². The average molecular weight is 401 g/mol. The fourth-order valence-corrected chi connectivity index (χ4v) is 4.05. The van der Waals surface area contributed by atoms with Gasteiger partial charge in [-0.05, 0) is 54.8 Å². The molecule has 2 heterocycles. The number of hydrogen-bond donors (Lipinski definition) is 1. The van der Waals surface area contributed by atoms with Crippen molar-refractivity contribution in [2.24, 2.45) is 0 Å². The quantitative estimate of drug-likeness (QED) is 0.675. The standard InChI is InChI=1S/C22H28N2O3S/c1-2-3-13-27-18-9-6-8-17(15-18)16-23-21(25)19-10-4-5-12-24(19)22(26)20-11-7-14-28-20/h6-9,11,14-15,19H,2-5,10,12-13,16H2,1H3,(H,23,25). The molecule has 0 saturated carbocycles. The van der Waals surface area contributed by atoms with Crippen LogP contribution in [0.2, 0.25) is 0 Å². The van der Waals surface area contributed by atoms with E-state index in [1.54, 1.807) is 4.90 Å². The highest BCUT2D eigenvalue weighted by Gasteiger charge is 2.32. The molecule has 150 valence electrons. The van der Waals surface area contributed by atoms with Crippen LogP contribution in [0.5, 0.6) is 5.75 Å². The Balaban J connectivity index is 1.58. The minimum absolute atomic E-state index is 0.0406. The number of unbranched alkanes of at least 4 members (excludes halogenated alkanes) is 1. The molecule has 2 aromatic rings. The van der Waals surface area contributed by atoms with Crippen LogP contribution in [0.4, 0.5) is 0 Å². The first-order valence-corrected chi connectivity index (χ1v) is 10.9. The fourth-order valence-electron chi connectivity index (χ4n) is 3.38. The van der Waals surface area contributed by atoms with Gasteiger partial charge in [0.2, 0.25) is 5.91 Å². The topological polar surface area (TPSA) is 58.6 Å². The predicted octanol–water partition coefficient (Wildman–Crippen LogP) is 4.24. The summed E-state index contributed by atoms with van der Waals surface area (Å²) in [6.07, 6.45) is 4.74. The highest BCUT2D eigenvalue weighted by atomic mass is 32.1. The second kappa shape index (κ2) is 10.3. The van der Waals surface area contributed by atoms with Crippen LogP contribution in [-0.4, -0.2) is 35.9 Å². The molecule has 0 radical (unpaired) electrons. The van der Waals surface area contributed by atoms with Crippen LogP contribution < -0.4 is 10.1 Å². The minimum Gasteiger partial charge on any atom is -0.494 e. The zero-order valence-corrected chi connectivity index (χ0v) is 17.2. The molecule has 1 atom stereocenters. The van der Waals surface area contributed by atoms with E-state index < -0.39 is 6.04 Å². The van der Waals surface area contributed by atoms with Crippen molar-refractivity contribution < 1.29 is 14.3 Å². The number of thiophene rings is 1. The third kappa shape index (κ3) is 5.35. The Hall–Kier alpha value is -2.34. The van der Waals surface area contributed by atoms with Crippen molar-refractivity contribution in [2.45, 2.75) is 51.6 Å². The van der Waals surface area contributed by atoms with Gasteiger partial charge in [0.1, 0.15) is 11.8 Å². The Bertz CT molecular complexity index is 776. The van der Waals surface area contributed by atoms with E-state index in [9.17, 15) is 9.59 Å². The van der Waals surface area contributed by atoms with Crippen molar-refractivity contribution in [1.29, 1.82) is 0 Å². The van der Waals surface area contributed by atoms with Crippen molar-refractivity contribution >= 4 is 23.2 Å². The molecule has 0 bridgehead atoms. The Morgan fingerprint density at radius 3 is 2.93 bits per heavy atom. The molecule has 1 fully saturated rings. The van der Waals surface area contributed by atoms with E-state index in [0.717, 1.165) is 37.0 Å². The summed E-state index contributed by atoms with van der Waals surface area (Å²) in [4.78, 5) is 28.0. The SMILES string of the molecule is CCCCOc1cccc(CNC(=O)C2CCCCN2C(=O)c2cccs2)c1. The van der Waals surface area contributed by atoms with Gasteiger partial charge in [-0.3, -0.25) is 9.59 Å². The van der Waals surface area contributed by atoms with Crippen LogP contribution >= 0.6 is 11.3 Å². The van der Waals surface area contributed by atoms with E-state index in [2.05, 4.69) is 12.2 Å². The third-order valence-corrected chi connectivity index (χ3v) is 5.79. The van der Waals surface area contributed by atoms with E-state index in [1.165, 1.54) is 11.3 Å². The number of hydrogen-bond acceptors (Lipinski definition) is 4. The number of nitrogens with one attached hydrogen (secondary N) is 1. The monoisotopic (exact) mass is 400 g/mol. The maximum atomic E-state index is 12.8. The normalized spacial score (nSPS) is 16.6. The number of amides is 2. The molecule has 1 saturated heterocycles. The number of rotatable bonds is 8. The van der Waals surface area contributed by atoms with Crippen molar-refractivity contribution in [2.75, 3.05) is 13.2 Å². The third-order valence-electron chi connectivity index (χ3n) is 4.93. The van der Waals surface area contributed by atoms with Gasteiger partial charge in [0.15, 0.2) is 0 Å². The number of ether oxygens (including phenoxy) is 1. The zero-order chi connectivity index (χ0) is 19.8. The summed E-state index contributed by atoms with van der Waals surface area (Å²) in [6, 6.07) is 11.1. The molecule has 1 aromatic carbocycles. The van der Waals surface area contributed by atoms with Gasteiger partial charge in [-0.1, -0.05) is 31.5 Å². The lowest BCUT2D eigenvalue weighted by Crippen LogP contribution is -2.51. The smallest absolute Gasteiger partial charge is 0.264 e. The van der Waals surface area contributed by atoms with E-state index in [4.69, 9.17) is 4.74 Å². The zero-order valence-electron chi connectivity index (χ0n) is 16.4. The lowest BCUT2D eigenvalue weighted by atomic mass is 10.0. The van der Waals surface area contributed by atoms with Gasteiger partial charge in [-0.2, -0.15) is 0 Å². The van der Waals surface area contributed by atoms with E-state index in [1.807, 2.05) is 41.8 Å². The summed E-state index contributed by atoms with van der Waals surface area (Å²) in [7, 11) is 0. The Morgan fingerprint density at radius 2 is 2.14 bits per heavy atom. The minimum atomic E-state index is -0.396. The molecule has 1 aliphatic heterocycles. The number of benzene rings is 1. The van der Waals surface area contributed by atoms with Gasteiger partial charge in [-0.25, -0.2) is 0 Å². The lowest BCUT2D eigenvalue weighted by Gasteiger charge is -2.34. The first-order chi connectivity index (χ1) is 13.7. The molecule has 1 N–H and O–H groups in total. The molecule has 5 nitrogen and oxygen atoms in total. The number of nitrogens with zero attached hydrogens (tertiary/aromatic N) is 1. The summed E-state index contributed by atoms with van der Waals surface area (Å²) in [5, 5.41) is 4.90. The molecular formula is C22H28N2O3S. The number of piperidine rings is 1. The van der Waals surface area contributed by atoms with E-state index in [-0.39, 0.29) is 11.8 Å². The van der Waals surface area contributed by atoms with Crippen LogP contribution in [0.3, 0.4) is 0 Å². The second-order valence-electron chi connectivity index (χ2n) is 7.05. The first-order valence-electron chi connectivity index (χ1n) is 10.0. The molecular weight excluding hydrogens is 372 g/mol. The van der Waals surface area contributed by atoms with Crippen molar-refractivity contribution in [3.05, 3.63) is 52.2 Å². The summed E-state index contributed by atoms with van der Waals surface area (Å²) in [6.45, 7) is 3.90. The van der Waals surface area contributed by atoms with Gasteiger partial charge in [0, 0.05) is 13.1 Å².